The third kappa shape index (κ3) is 2.22. The monoisotopic (exact) mass is 229 g/mol. The maximum Gasteiger partial charge on any atom is 0.0451 e. The van der Waals surface area contributed by atoms with Gasteiger partial charge in [0.05, 0.1) is 0 Å². The van der Waals surface area contributed by atoms with Gasteiger partial charge in [-0.05, 0) is 17.5 Å². The number of benzene rings is 1. The number of hydrogen-bond donors (Lipinski definition) is 0. The highest BCUT2D eigenvalue weighted by Gasteiger charge is 2.25. The number of rotatable bonds is 3. The molecule has 76 valence electrons. The van der Waals surface area contributed by atoms with Crippen molar-refractivity contribution in [3.63, 3.8) is 0 Å². The lowest BCUT2D eigenvalue weighted by Gasteiger charge is -2.38. The first-order valence-corrected chi connectivity index (χ1v) is 5.72. The van der Waals surface area contributed by atoms with Crippen molar-refractivity contribution >= 4 is 23.2 Å². The maximum atomic E-state index is 6.07. The van der Waals surface area contributed by atoms with Gasteiger partial charge in [-0.15, -0.1) is 11.6 Å². The van der Waals surface area contributed by atoms with E-state index in [1.807, 2.05) is 18.2 Å². The molecule has 0 atom stereocenters. The van der Waals surface area contributed by atoms with Gasteiger partial charge in [0.1, 0.15) is 0 Å². The van der Waals surface area contributed by atoms with E-state index in [0.29, 0.717) is 5.92 Å². The predicted octanol–water partition coefficient (Wildman–Crippen LogP) is 3.01. The topological polar surface area (TPSA) is 3.24 Å². The molecule has 0 bridgehead atoms. The van der Waals surface area contributed by atoms with Gasteiger partial charge in [0.2, 0.25) is 0 Å². The normalized spacial score (nSPS) is 18.1. The number of halogens is 2. The molecule has 1 aromatic rings. The molecule has 0 radical (unpaired) electrons. The minimum atomic E-state index is 0.680. The molecule has 1 aliphatic rings. The molecule has 3 heteroatoms. The second kappa shape index (κ2) is 4.52. The molecular weight excluding hydrogens is 217 g/mol. The Morgan fingerprint density at radius 3 is 2.64 bits per heavy atom. The van der Waals surface area contributed by atoms with E-state index in [9.17, 15) is 0 Å². The van der Waals surface area contributed by atoms with Crippen molar-refractivity contribution in [3.8, 4) is 0 Å². The Kier molecular flexibility index (Phi) is 3.32. The quantitative estimate of drug-likeness (QED) is 0.721. The zero-order valence-electron chi connectivity index (χ0n) is 7.92. The van der Waals surface area contributed by atoms with Gasteiger partial charge >= 0.3 is 0 Å². The van der Waals surface area contributed by atoms with E-state index in [0.717, 1.165) is 30.5 Å². The molecule has 1 fully saturated rings. The van der Waals surface area contributed by atoms with E-state index in [2.05, 4.69) is 11.0 Å². The molecule has 0 unspecified atom stereocenters. The molecule has 1 aliphatic heterocycles. The molecule has 0 amide bonds. The van der Waals surface area contributed by atoms with E-state index in [1.165, 1.54) is 5.56 Å². The van der Waals surface area contributed by atoms with E-state index < -0.39 is 0 Å². The van der Waals surface area contributed by atoms with Crippen LogP contribution >= 0.6 is 23.2 Å². The Morgan fingerprint density at radius 2 is 2.00 bits per heavy atom. The third-order valence-corrected chi connectivity index (χ3v) is 3.41. The van der Waals surface area contributed by atoms with E-state index in [-0.39, 0.29) is 0 Å². The van der Waals surface area contributed by atoms with Crippen molar-refractivity contribution in [1.82, 2.24) is 4.90 Å². The lowest BCUT2D eigenvalue weighted by atomic mass is 10.0. The highest BCUT2D eigenvalue weighted by atomic mass is 35.5. The number of likely N-dealkylation sites (tertiary alicyclic amines) is 1. The third-order valence-electron chi connectivity index (χ3n) is 2.60. The smallest absolute Gasteiger partial charge is 0.0451 e. The molecule has 1 nitrogen and oxygen atoms in total. The molecule has 14 heavy (non-hydrogen) atoms. The second-order valence-electron chi connectivity index (χ2n) is 3.81. The fourth-order valence-electron chi connectivity index (χ4n) is 1.77. The first-order valence-electron chi connectivity index (χ1n) is 4.81. The van der Waals surface area contributed by atoms with Crippen LogP contribution in [0.4, 0.5) is 0 Å². The van der Waals surface area contributed by atoms with Gasteiger partial charge in [-0.3, -0.25) is 4.90 Å². The Balaban J connectivity index is 1.90. The van der Waals surface area contributed by atoms with Crippen LogP contribution in [0.15, 0.2) is 24.3 Å². The fourth-order valence-corrected chi connectivity index (χ4v) is 2.16. The SMILES string of the molecule is ClCC1CN(Cc2ccccc2Cl)C1. The van der Waals surface area contributed by atoms with Gasteiger partial charge in [0.25, 0.3) is 0 Å². The first-order chi connectivity index (χ1) is 6.79. The fraction of sp³-hybridized carbons (Fsp3) is 0.455. The molecule has 0 saturated carbocycles. The maximum absolute atomic E-state index is 6.07. The molecule has 0 aliphatic carbocycles. The molecule has 0 aromatic heterocycles. The van der Waals surface area contributed by atoms with Crippen LogP contribution in [0.2, 0.25) is 5.02 Å². The Bertz CT molecular complexity index is 308. The standard InChI is InChI=1S/C11H13Cl2N/c12-5-9-6-14(7-9)8-10-3-1-2-4-11(10)13/h1-4,9H,5-8H2. The van der Waals surface area contributed by atoms with E-state index in [4.69, 9.17) is 23.2 Å². The summed E-state index contributed by atoms with van der Waals surface area (Å²) in [6, 6.07) is 8.01. The van der Waals surface area contributed by atoms with E-state index >= 15 is 0 Å². The largest absolute Gasteiger partial charge is 0.298 e. The first kappa shape index (κ1) is 10.3. The summed E-state index contributed by atoms with van der Waals surface area (Å²) in [6.07, 6.45) is 0. The van der Waals surface area contributed by atoms with Gasteiger partial charge in [0.15, 0.2) is 0 Å². The van der Waals surface area contributed by atoms with Gasteiger partial charge in [-0.1, -0.05) is 29.8 Å². The van der Waals surface area contributed by atoms with Gasteiger partial charge in [-0.25, -0.2) is 0 Å². The minimum Gasteiger partial charge on any atom is -0.298 e. The molecule has 0 N–H and O–H groups in total. The minimum absolute atomic E-state index is 0.680. The summed E-state index contributed by atoms with van der Waals surface area (Å²) < 4.78 is 0. The van der Waals surface area contributed by atoms with Crippen LogP contribution in [0.5, 0.6) is 0 Å². The lowest BCUT2D eigenvalue weighted by molar-refractivity contribution is 0.107. The number of alkyl halides is 1. The van der Waals surface area contributed by atoms with Crippen molar-refractivity contribution in [2.24, 2.45) is 5.92 Å². The molecule has 1 heterocycles. The lowest BCUT2D eigenvalue weighted by Crippen LogP contribution is -2.46. The Morgan fingerprint density at radius 1 is 1.29 bits per heavy atom. The molecule has 2 rings (SSSR count). The van der Waals surface area contributed by atoms with Crippen molar-refractivity contribution < 1.29 is 0 Å². The van der Waals surface area contributed by atoms with E-state index in [1.54, 1.807) is 0 Å². The van der Waals surface area contributed by atoms with Crippen molar-refractivity contribution in [2.45, 2.75) is 6.54 Å². The van der Waals surface area contributed by atoms with Gasteiger partial charge in [0, 0.05) is 30.5 Å². The Labute approximate surface area is 94.6 Å². The van der Waals surface area contributed by atoms with Gasteiger partial charge in [-0.2, -0.15) is 0 Å². The molecular formula is C11H13Cl2N. The molecule has 1 saturated heterocycles. The Hall–Kier alpha value is -0.240. The summed E-state index contributed by atoms with van der Waals surface area (Å²) in [4.78, 5) is 2.37. The van der Waals surface area contributed by atoms with Gasteiger partial charge < -0.3 is 0 Å². The summed E-state index contributed by atoms with van der Waals surface area (Å²) in [7, 11) is 0. The summed E-state index contributed by atoms with van der Waals surface area (Å²) in [5, 5.41) is 0.863. The zero-order valence-corrected chi connectivity index (χ0v) is 9.43. The summed E-state index contributed by atoms with van der Waals surface area (Å²) in [5.41, 5.74) is 1.21. The van der Waals surface area contributed by atoms with Crippen LogP contribution in [0.3, 0.4) is 0 Å². The highest BCUT2D eigenvalue weighted by Crippen LogP contribution is 2.23. The van der Waals surface area contributed by atoms with Crippen molar-refractivity contribution in [3.05, 3.63) is 34.9 Å². The van der Waals surface area contributed by atoms with Crippen LogP contribution in [-0.4, -0.2) is 23.9 Å². The van der Waals surface area contributed by atoms with Crippen LogP contribution < -0.4 is 0 Å². The summed E-state index contributed by atoms with van der Waals surface area (Å²) >= 11 is 11.8. The van der Waals surface area contributed by atoms with Crippen LogP contribution in [-0.2, 0) is 6.54 Å². The zero-order chi connectivity index (χ0) is 9.97. The highest BCUT2D eigenvalue weighted by molar-refractivity contribution is 6.31. The second-order valence-corrected chi connectivity index (χ2v) is 4.52. The average Bonchev–Trinajstić information content (AvgIpc) is 2.13. The summed E-state index contributed by atoms with van der Waals surface area (Å²) in [6.45, 7) is 3.16. The number of hydrogen-bond acceptors (Lipinski definition) is 1. The molecule has 1 aromatic carbocycles. The van der Waals surface area contributed by atoms with Crippen LogP contribution in [0, 0.1) is 5.92 Å². The number of nitrogens with zero attached hydrogens (tertiary/aromatic N) is 1. The molecule has 0 spiro atoms. The van der Waals surface area contributed by atoms with Crippen molar-refractivity contribution in [1.29, 1.82) is 0 Å². The van der Waals surface area contributed by atoms with Crippen molar-refractivity contribution in [2.75, 3.05) is 19.0 Å². The summed E-state index contributed by atoms with van der Waals surface area (Å²) in [5.74, 6) is 1.46. The van der Waals surface area contributed by atoms with Crippen LogP contribution in [0.25, 0.3) is 0 Å². The average molecular weight is 230 g/mol. The van der Waals surface area contributed by atoms with Crippen LogP contribution in [0.1, 0.15) is 5.56 Å². The predicted molar refractivity (Wildman–Crippen MR) is 60.9 cm³/mol.